The Morgan fingerprint density at radius 1 is 1.42 bits per heavy atom. The smallest absolute Gasteiger partial charge is 0.233 e. The third-order valence-corrected chi connectivity index (χ3v) is 4.55. The van der Waals surface area contributed by atoms with Crippen LogP contribution in [0.25, 0.3) is 11.4 Å². The molecule has 0 bridgehead atoms. The normalized spacial score (nSPS) is 16.8. The molecule has 24 heavy (non-hydrogen) atoms. The molecule has 7 nitrogen and oxygen atoms in total. The molecule has 1 fully saturated rings. The van der Waals surface area contributed by atoms with Crippen LogP contribution in [0.4, 0.5) is 5.69 Å². The van der Waals surface area contributed by atoms with E-state index in [1.165, 1.54) is 0 Å². The molecule has 1 aromatic heterocycles. The second kappa shape index (κ2) is 7.11. The van der Waals surface area contributed by atoms with Crippen molar-refractivity contribution in [1.29, 1.82) is 0 Å². The fourth-order valence-electron chi connectivity index (χ4n) is 3.16. The summed E-state index contributed by atoms with van der Waals surface area (Å²) in [6.45, 7) is 2.09. The monoisotopic (exact) mass is 329 g/mol. The van der Waals surface area contributed by atoms with Crippen LogP contribution < -0.4 is 10.6 Å². The van der Waals surface area contributed by atoms with Gasteiger partial charge in [-0.05, 0) is 38.1 Å². The molecule has 0 aliphatic carbocycles. The summed E-state index contributed by atoms with van der Waals surface area (Å²) in [5.41, 5.74) is 1.20. The topological polar surface area (TPSA) is 81.1 Å². The fraction of sp³-hybridized carbons (Fsp3) is 0.471. The summed E-state index contributed by atoms with van der Waals surface area (Å²) >= 11 is 0. The predicted octanol–water partition coefficient (Wildman–Crippen LogP) is 1.44. The van der Waals surface area contributed by atoms with E-state index in [2.05, 4.69) is 20.8 Å². The summed E-state index contributed by atoms with van der Waals surface area (Å²) in [5, 5.41) is 14.4. The van der Waals surface area contributed by atoms with Gasteiger partial charge in [0, 0.05) is 25.4 Å². The maximum absolute atomic E-state index is 12.9. The minimum atomic E-state index is -0.471. The van der Waals surface area contributed by atoms with Crippen LogP contribution in [-0.2, 0) is 16.6 Å². The third-order valence-electron chi connectivity index (χ3n) is 4.55. The first-order valence-corrected chi connectivity index (χ1v) is 8.10. The van der Waals surface area contributed by atoms with Crippen molar-refractivity contribution < 1.29 is 9.53 Å². The number of hydrogen-bond donors (Lipinski definition) is 2. The van der Waals surface area contributed by atoms with Crippen molar-refractivity contribution in [2.75, 3.05) is 32.1 Å². The Balaban J connectivity index is 1.80. The van der Waals surface area contributed by atoms with Crippen molar-refractivity contribution in [3.8, 4) is 11.4 Å². The van der Waals surface area contributed by atoms with Gasteiger partial charge in [0.2, 0.25) is 5.91 Å². The molecule has 1 saturated heterocycles. The quantitative estimate of drug-likeness (QED) is 0.867. The maximum Gasteiger partial charge on any atom is 0.233 e. The molecule has 0 radical (unpaired) electrons. The number of aryl methyl sites for hydroxylation is 1. The van der Waals surface area contributed by atoms with Gasteiger partial charge in [-0.2, -0.15) is 0 Å². The Hall–Kier alpha value is -2.25. The number of carbonyl (C=O) groups excluding carboxylic acids is 1. The lowest BCUT2D eigenvalue weighted by Gasteiger charge is -2.35. The number of methoxy groups -OCH3 is 1. The highest BCUT2D eigenvalue weighted by atomic mass is 16.5. The Morgan fingerprint density at radius 3 is 2.88 bits per heavy atom. The summed E-state index contributed by atoms with van der Waals surface area (Å²) < 4.78 is 7.18. The molecule has 3 rings (SSSR count). The van der Waals surface area contributed by atoms with Crippen LogP contribution in [0.15, 0.2) is 30.6 Å². The van der Waals surface area contributed by atoms with Gasteiger partial charge in [-0.3, -0.25) is 4.79 Å². The molecule has 2 heterocycles. The molecule has 0 spiro atoms. The number of aromatic nitrogens is 3. The highest BCUT2D eigenvalue weighted by molar-refractivity contribution is 5.96. The Morgan fingerprint density at radius 2 is 2.21 bits per heavy atom. The molecule has 0 unspecified atom stereocenters. The van der Waals surface area contributed by atoms with Crippen LogP contribution in [-0.4, -0.2) is 47.5 Å². The molecule has 2 aromatic rings. The van der Waals surface area contributed by atoms with Gasteiger partial charge in [0.05, 0.1) is 12.0 Å². The average Bonchev–Trinajstić information content (AvgIpc) is 3.02. The zero-order valence-electron chi connectivity index (χ0n) is 14.1. The van der Waals surface area contributed by atoms with E-state index in [1.807, 2.05) is 35.9 Å². The molecule has 1 amide bonds. The van der Waals surface area contributed by atoms with E-state index in [0.717, 1.165) is 43.0 Å². The summed E-state index contributed by atoms with van der Waals surface area (Å²) in [5.74, 6) is 0.778. The van der Waals surface area contributed by atoms with E-state index in [1.54, 1.807) is 13.4 Å². The van der Waals surface area contributed by atoms with E-state index >= 15 is 0 Å². The first-order chi connectivity index (χ1) is 11.6. The number of nitrogens with zero attached hydrogens (tertiary/aromatic N) is 3. The Labute approximate surface area is 141 Å². The van der Waals surface area contributed by atoms with Crippen molar-refractivity contribution in [1.82, 2.24) is 20.1 Å². The van der Waals surface area contributed by atoms with Crippen molar-refractivity contribution in [3.05, 3.63) is 30.6 Å². The molecule has 1 aromatic carbocycles. The minimum absolute atomic E-state index is 0.0148. The van der Waals surface area contributed by atoms with Gasteiger partial charge in [0.15, 0.2) is 5.82 Å². The van der Waals surface area contributed by atoms with Crippen molar-refractivity contribution in [2.45, 2.75) is 12.8 Å². The molecule has 128 valence electrons. The minimum Gasteiger partial charge on any atom is -0.384 e. The molecule has 1 aliphatic heterocycles. The van der Waals surface area contributed by atoms with E-state index in [4.69, 9.17) is 4.74 Å². The zero-order valence-corrected chi connectivity index (χ0v) is 14.1. The molecule has 7 heteroatoms. The lowest BCUT2D eigenvalue weighted by Crippen LogP contribution is -2.47. The second-order valence-corrected chi connectivity index (χ2v) is 6.26. The van der Waals surface area contributed by atoms with Gasteiger partial charge >= 0.3 is 0 Å². The third kappa shape index (κ3) is 3.32. The molecule has 2 N–H and O–H groups in total. The summed E-state index contributed by atoms with van der Waals surface area (Å²) in [6, 6.07) is 7.67. The number of benzene rings is 1. The number of rotatable bonds is 5. The molecule has 1 aliphatic rings. The molecule has 0 atom stereocenters. The van der Waals surface area contributed by atoms with Crippen LogP contribution in [0.2, 0.25) is 0 Å². The number of carbonyl (C=O) groups is 1. The van der Waals surface area contributed by atoms with Crippen LogP contribution in [0.1, 0.15) is 12.8 Å². The van der Waals surface area contributed by atoms with E-state index in [-0.39, 0.29) is 5.91 Å². The van der Waals surface area contributed by atoms with Crippen LogP contribution in [0.5, 0.6) is 0 Å². The summed E-state index contributed by atoms with van der Waals surface area (Å²) in [4.78, 5) is 12.9. The largest absolute Gasteiger partial charge is 0.384 e. The second-order valence-electron chi connectivity index (χ2n) is 6.26. The van der Waals surface area contributed by atoms with Crippen molar-refractivity contribution >= 4 is 11.6 Å². The SMILES string of the molecule is COCC1(C(=O)Nc2cccc(-c3nncn3C)c2)CCNCC1. The maximum atomic E-state index is 12.9. The first-order valence-electron chi connectivity index (χ1n) is 8.10. The van der Waals surface area contributed by atoms with Gasteiger partial charge in [0.1, 0.15) is 6.33 Å². The Kier molecular flexibility index (Phi) is 4.92. The molecular formula is C17H23N5O2. The van der Waals surface area contributed by atoms with E-state index < -0.39 is 5.41 Å². The molecule has 0 saturated carbocycles. The highest BCUT2D eigenvalue weighted by Crippen LogP contribution is 2.31. The molecular weight excluding hydrogens is 306 g/mol. The highest BCUT2D eigenvalue weighted by Gasteiger charge is 2.39. The van der Waals surface area contributed by atoms with Crippen LogP contribution in [0, 0.1) is 5.41 Å². The van der Waals surface area contributed by atoms with Gasteiger partial charge in [-0.25, -0.2) is 0 Å². The number of piperidine rings is 1. The number of ether oxygens (including phenoxy) is 1. The van der Waals surface area contributed by atoms with E-state index in [9.17, 15) is 4.79 Å². The fourth-order valence-corrected chi connectivity index (χ4v) is 3.16. The first kappa shape index (κ1) is 16.6. The lowest BCUT2D eigenvalue weighted by atomic mass is 9.78. The Bertz CT molecular complexity index is 701. The van der Waals surface area contributed by atoms with Crippen molar-refractivity contribution in [2.24, 2.45) is 12.5 Å². The number of amides is 1. The van der Waals surface area contributed by atoms with Crippen LogP contribution in [0.3, 0.4) is 0 Å². The zero-order chi connectivity index (χ0) is 17.0. The summed E-state index contributed by atoms with van der Waals surface area (Å²) in [6.07, 6.45) is 3.20. The van der Waals surface area contributed by atoms with Gasteiger partial charge in [0.25, 0.3) is 0 Å². The van der Waals surface area contributed by atoms with Gasteiger partial charge in [-0.15, -0.1) is 10.2 Å². The standard InChI is InChI=1S/C17H23N5O2/c1-22-12-19-21-15(22)13-4-3-5-14(10-13)20-16(23)17(11-24-2)6-8-18-9-7-17/h3-5,10,12,18H,6-9,11H2,1-2H3,(H,20,23). The van der Waals surface area contributed by atoms with Crippen molar-refractivity contribution in [3.63, 3.8) is 0 Å². The van der Waals surface area contributed by atoms with Crippen LogP contribution >= 0.6 is 0 Å². The number of anilines is 1. The number of hydrogen-bond acceptors (Lipinski definition) is 5. The number of nitrogens with one attached hydrogen (secondary N) is 2. The van der Waals surface area contributed by atoms with Gasteiger partial charge in [-0.1, -0.05) is 12.1 Å². The lowest BCUT2D eigenvalue weighted by molar-refractivity contribution is -0.130. The van der Waals surface area contributed by atoms with E-state index in [0.29, 0.717) is 6.61 Å². The predicted molar refractivity (Wildman–Crippen MR) is 91.5 cm³/mol. The summed E-state index contributed by atoms with van der Waals surface area (Å²) in [7, 11) is 3.54. The van der Waals surface area contributed by atoms with Gasteiger partial charge < -0.3 is 19.9 Å². The average molecular weight is 329 g/mol.